The van der Waals surface area contributed by atoms with Gasteiger partial charge in [0.05, 0.1) is 54.9 Å². The van der Waals surface area contributed by atoms with Crippen LogP contribution in [0.4, 0.5) is 4.39 Å². The van der Waals surface area contributed by atoms with Crippen LogP contribution < -0.4 is 0 Å². The second kappa shape index (κ2) is 8.87. The van der Waals surface area contributed by atoms with Gasteiger partial charge in [0.1, 0.15) is 11.5 Å². The molecule has 0 aliphatic carbocycles. The summed E-state index contributed by atoms with van der Waals surface area (Å²) in [7, 11) is 0. The SMILES string of the molecule is Cc1ccc(-n2nccn2)c(C(=O)N2CCCO[C@H]2Cn2cc(-c3ccc(F)cn3)nn2)c1. The highest BCUT2D eigenvalue weighted by Crippen LogP contribution is 2.22. The van der Waals surface area contributed by atoms with Crippen molar-refractivity contribution in [3.8, 4) is 17.1 Å². The number of hydrogen-bond acceptors (Lipinski definition) is 7. The maximum absolute atomic E-state index is 13.6. The van der Waals surface area contributed by atoms with Gasteiger partial charge in [0.25, 0.3) is 5.91 Å². The van der Waals surface area contributed by atoms with Gasteiger partial charge in [-0.05, 0) is 37.6 Å². The molecule has 1 saturated heterocycles. The normalized spacial score (nSPS) is 16.2. The van der Waals surface area contributed by atoms with Crippen LogP contribution in [0, 0.1) is 12.7 Å². The van der Waals surface area contributed by atoms with Gasteiger partial charge in [0, 0.05) is 6.54 Å². The molecule has 10 nitrogen and oxygen atoms in total. The van der Waals surface area contributed by atoms with Crippen molar-refractivity contribution in [2.24, 2.45) is 0 Å². The first-order chi connectivity index (χ1) is 16.1. The van der Waals surface area contributed by atoms with E-state index in [1.807, 2.05) is 25.1 Å². The van der Waals surface area contributed by atoms with Gasteiger partial charge in [-0.25, -0.2) is 9.07 Å². The summed E-state index contributed by atoms with van der Waals surface area (Å²) >= 11 is 0. The van der Waals surface area contributed by atoms with E-state index >= 15 is 0 Å². The number of nitrogens with zero attached hydrogens (tertiary/aromatic N) is 8. The summed E-state index contributed by atoms with van der Waals surface area (Å²) < 4.78 is 20.7. The highest BCUT2D eigenvalue weighted by atomic mass is 19.1. The fourth-order valence-corrected chi connectivity index (χ4v) is 3.75. The van der Waals surface area contributed by atoms with Gasteiger partial charge in [-0.3, -0.25) is 9.78 Å². The second-order valence-corrected chi connectivity index (χ2v) is 7.70. The van der Waals surface area contributed by atoms with Gasteiger partial charge < -0.3 is 9.64 Å². The standard InChI is InChI=1S/C22H21FN8O2/c1-15-3-6-20(31-25-7-8-26-31)17(11-15)22(32)30-9-2-10-33-21(30)14-29-13-19(27-28-29)18-5-4-16(23)12-24-18/h3-8,11-13,21H,2,9-10,14H2,1H3/t21-/m0/s1. The highest BCUT2D eigenvalue weighted by Gasteiger charge is 2.31. The molecule has 1 fully saturated rings. The van der Waals surface area contributed by atoms with E-state index in [9.17, 15) is 9.18 Å². The Kier molecular flexibility index (Phi) is 5.61. The lowest BCUT2D eigenvalue weighted by molar-refractivity contribution is -0.0863. The van der Waals surface area contributed by atoms with E-state index in [1.54, 1.807) is 34.2 Å². The molecule has 5 rings (SSSR count). The molecular formula is C22H21FN8O2. The van der Waals surface area contributed by atoms with Gasteiger partial charge in [-0.1, -0.05) is 16.8 Å². The molecule has 1 atom stereocenters. The van der Waals surface area contributed by atoms with Crippen LogP contribution >= 0.6 is 0 Å². The average Bonchev–Trinajstić information content (AvgIpc) is 3.52. The summed E-state index contributed by atoms with van der Waals surface area (Å²) in [5.41, 5.74) is 3.07. The van der Waals surface area contributed by atoms with Crippen molar-refractivity contribution < 1.29 is 13.9 Å². The Morgan fingerprint density at radius 2 is 2.03 bits per heavy atom. The van der Waals surface area contributed by atoms with Crippen LogP contribution in [0.5, 0.6) is 0 Å². The molecular weight excluding hydrogens is 427 g/mol. The van der Waals surface area contributed by atoms with Crippen molar-refractivity contribution in [3.63, 3.8) is 0 Å². The minimum atomic E-state index is -0.527. The van der Waals surface area contributed by atoms with Crippen LogP contribution in [0.2, 0.25) is 0 Å². The molecule has 1 amide bonds. The van der Waals surface area contributed by atoms with Crippen molar-refractivity contribution >= 4 is 5.91 Å². The molecule has 33 heavy (non-hydrogen) atoms. The Labute approximate surface area is 188 Å². The van der Waals surface area contributed by atoms with Crippen LogP contribution in [0.25, 0.3) is 17.1 Å². The lowest BCUT2D eigenvalue weighted by Crippen LogP contribution is -2.48. The third kappa shape index (κ3) is 4.35. The fourth-order valence-electron chi connectivity index (χ4n) is 3.75. The number of amides is 1. The number of carbonyl (C=O) groups is 1. The van der Waals surface area contributed by atoms with E-state index in [-0.39, 0.29) is 5.91 Å². The molecule has 4 aromatic rings. The number of aromatic nitrogens is 7. The van der Waals surface area contributed by atoms with Crippen LogP contribution in [0.1, 0.15) is 22.3 Å². The van der Waals surface area contributed by atoms with Crippen molar-refractivity contribution in [2.75, 3.05) is 13.2 Å². The molecule has 0 bridgehead atoms. The quantitative estimate of drug-likeness (QED) is 0.461. The number of rotatable bonds is 5. The highest BCUT2D eigenvalue weighted by molar-refractivity contribution is 5.98. The topological polar surface area (TPSA) is 104 Å². The van der Waals surface area contributed by atoms with E-state index in [2.05, 4.69) is 25.5 Å². The van der Waals surface area contributed by atoms with Crippen LogP contribution in [0.15, 0.2) is 55.1 Å². The molecule has 0 unspecified atom stereocenters. The molecule has 1 aromatic carbocycles. The number of benzene rings is 1. The zero-order valence-electron chi connectivity index (χ0n) is 17.9. The molecule has 3 aromatic heterocycles. The summed E-state index contributed by atoms with van der Waals surface area (Å²) in [4.78, 5) is 20.8. The van der Waals surface area contributed by atoms with E-state index in [0.717, 1.165) is 18.2 Å². The van der Waals surface area contributed by atoms with Crippen molar-refractivity contribution in [1.29, 1.82) is 0 Å². The molecule has 168 valence electrons. The van der Waals surface area contributed by atoms with Crippen molar-refractivity contribution in [1.82, 2.24) is 39.9 Å². The Morgan fingerprint density at radius 1 is 1.18 bits per heavy atom. The van der Waals surface area contributed by atoms with Crippen LogP contribution in [-0.4, -0.2) is 65.2 Å². The number of carbonyl (C=O) groups excluding carboxylic acids is 1. The lowest BCUT2D eigenvalue weighted by atomic mass is 10.1. The molecule has 4 heterocycles. The summed E-state index contributed by atoms with van der Waals surface area (Å²) in [6.45, 7) is 3.31. The van der Waals surface area contributed by atoms with Crippen LogP contribution in [-0.2, 0) is 11.3 Å². The maximum atomic E-state index is 13.6. The Balaban J connectivity index is 1.39. The third-order valence-electron chi connectivity index (χ3n) is 5.35. The van der Waals surface area contributed by atoms with Crippen molar-refractivity contribution in [2.45, 2.75) is 26.1 Å². The fraction of sp³-hybridized carbons (Fsp3) is 0.273. The summed E-state index contributed by atoms with van der Waals surface area (Å²) in [5, 5.41) is 16.6. The number of hydrogen-bond donors (Lipinski definition) is 0. The molecule has 11 heteroatoms. The minimum absolute atomic E-state index is 0.170. The zero-order valence-corrected chi connectivity index (χ0v) is 17.9. The van der Waals surface area contributed by atoms with Crippen molar-refractivity contribution in [3.05, 3.63) is 72.1 Å². The largest absolute Gasteiger partial charge is 0.356 e. The first-order valence-electron chi connectivity index (χ1n) is 10.5. The maximum Gasteiger partial charge on any atom is 0.258 e. The number of ether oxygens (including phenoxy) is 1. The van der Waals surface area contributed by atoms with E-state index in [0.29, 0.717) is 42.3 Å². The zero-order chi connectivity index (χ0) is 22.8. The average molecular weight is 448 g/mol. The molecule has 0 saturated carbocycles. The second-order valence-electron chi connectivity index (χ2n) is 7.70. The molecule has 0 N–H and O–H groups in total. The van der Waals surface area contributed by atoms with E-state index in [4.69, 9.17) is 4.74 Å². The molecule has 1 aliphatic heterocycles. The summed E-state index contributed by atoms with van der Waals surface area (Å²) in [6, 6.07) is 8.45. The molecule has 0 radical (unpaired) electrons. The predicted octanol–water partition coefficient (Wildman–Crippen LogP) is 2.26. The van der Waals surface area contributed by atoms with Gasteiger partial charge in [0.2, 0.25) is 0 Å². The minimum Gasteiger partial charge on any atom is -0.356 e. The van der Waals surface area contributed by atoms with Crippen LogP contribution in [0.3, 0.4) is 0 Å². The first-order valence-corrected chi connectivity index (χ1v) is 10.5. The third-order valence-corrected chi connectivity index (χ3v) is 5.35. The predicted molar refractivity (Wildman–Crippen MR) is 115 cm³/mol. The van der Waals surface area contributed by atoms with E-state index < -0.39 is 12.0 Å². The smallest absolute Gasteiger partial charge is 0.258 e. The molecule has 0 spiro atoms. The molecule has 1 aliphatic rings. The van der Waals surface area contributed by atoms with Gasteiger partial charge in [0.15, 0.2) is 6.23 Å². The Bertz CT molecular complexity index is 1260. The Morgan fingerprint density at radius 3 is 2.82 bits per heavy atom. The number of halogens is 1. The van der Waals surface area contributed by atoms with Gasteiger partial charge in [-0.15, -0.1) is 5.10 Å². The lowest BCUT2D eigenvalue weighted by Gasteiger charge is -2.35. The Hall–Kier alpha value is -3.99. The van der Waals surface area contributed by atoms with E-state index in [1.165, 1.54) is 10.9 Å². The monoisotopic (exact) mass is 448 g/mol. The first kappa shape index (κ1) is 20.9. The summed E-state index contributed by atoms with van der Waals surface area (Å²) in [6.07, 6.45) is 6.17. The number of pyridine rings is 1. The summed E-state index contributed by atoms with van der Waals surface area (Å²) in [5.74, 6) is -0.590. The van der Waals surface area contributed by atoms with Gasteiger partial charge >= 0.3 is 0 Å². The van der Waals surface area contributed by atoms with Gasteiger partial charge in [-0.2, -0.15) is 15.0 Å². The number of aryl methyl sites for hydroxylation is 1.